The highest BCUT2D eigenvalue weighted by Crippen LogP contribution is 2.13. The van der Waals surface area contributed by atoms with Crippen LogP contribution in [0.2, 0.25) is 0 Å². The molecule has 0 spiro atoms. The maximum atomic E-state index is 12.8. The van der Waals surface area contributed by atoms with E-state index in [-0.39, 0.29) is 5.56 Å². The van der Waals surface area contributed by atoms with Gasteiger partial charge in [0.1, 0.15) is 12.4 Å². The Bertz CT molecular complexity index is 998. The van der Waals surface area contributed by atoms with Crippen molar-refractivity contribution in [3.63, 3.8) is 0 Å². The molecule has 1 saturated heterocycles. The summed E-state index contributed by atoms with van der Waals surface area (Å²) in [5.41, 5.74) is 1.68. The second-order valence-corrected chi connectivity index (χ2v) is 7.56. The van der Waals surface area contributed by atoms with Crippen LogP contribution in [0.5, 0.6) is 5.75 Å². The van der Waals surface area contributed by atoms with Crippen molar-refractivity contribution < 1.29 is 4.74 Å². The van der Waals surface area contributed by atoms with Crippen LogP contribution in [0.1, 0.15) is 12.8 Å². The predicted molar refractivity (Wildman–Crippen MR) is 124 cm³/mol. The van der Waals surface area contributed by atoms with E-state index >= 15 is 0 Å². The Morgan fingerprint density at radius 2 is 1.71 bits per heavy atom. The molecule has 4 rings (SSSR count). The molecule has 0 amide bonds. The Balaban J connectivity index is 1.31. The van der Waals surface area contributed by atoms with Crippen LogP contribution in [0, 0.1) is 0 Å². The molecule has 0 unspecified atom stereocenters. The Hall–Kier alpha value is -3.32. The van der Waals surface area contributed by atoms with Gasteiger partial charge in [-0.2, -0.15) is 0 Å². The number of ether oxygens (including phenoxy) is 1. The zero-order valence-electron chi connectivity index (χ0n) is 17.7. The Kier molecular flexibility index (Phi) is 7.18. The van der Waals surface area contributed by atoms with Gasteiger partial charge in [-0.25, -0.2) is 4.98 Å². The number of hydrogen-bond donors (Lipinski definition) is 2. The summed E-state index contributed by atoms with van der Waals surface area (Å²) >= 11 is 0. The van der Waals surface area contributed by atoms with E-state index in [1.807, 2.05) is 54.6 Å². The molecule has 2 N–H and O–H groups in total. The van der Waals surface area contributed by atoms with Crippen molar-refractivity contribution in [3.8, 4) is 11.4 Å². The molecule has 2 heterocycles. The normalized spacial score (nSPS) is 13.8. The summed E-state index contributed by atoms with van der Waals surface area (Å²) in [4.78, 5) is 19.5. The van der Waals surface area contributed by atoms with Crippen LogP contribution >= 0.6 is 0 Å². The van der Waals surface area contributed by atoms with Gasteiger partial charge in [0, 0.05) is 36.9 Å². The standard InChI is InChI=1S/C24H29N5O2/c30-24-23(27-14-19-31-22-6-2-1-3-7-22)26-13-18-29(24)21-10-8-20(9-11-21)25-12-17-28-15-4-5-16-28/h1-3,6-11,13,18,25H,4-5,12,14-17,19H2,(H,26,27). The van der Waals surface area contributed by atoms with Gasteiger partial charge in [-0.15, -0.1) is 0 Å². The highest BCUT2D eigenvalue weighted by atomic mass is 16.5. The van der Waals surface area contributed by atoms with E-state index in [1.54, 1.807) is 17.0 Å². The first-order chi connectivity index (χ1) is 15.3. The van der Waals surface area contributed by atoms with E-state index in [0.29, 0.717) is 19.0 Å². The van der Waals surface area contributed by atoms with Crippen LogP contribution < -0.4 is 20.9 Å². The minimum atomic E-state index is -0.183. The molecule has 0 atom stereocenters. The molecule has 2 aromatic carbocycles. The number of nitrogens with zero attached hydrogens (tertiary/aromatic N) is 3. The minimum absolute atomic E-state index is 0.183. The highest BCUT2D eigenvalue weighted by molar-refractivity contribution is 5.49. The molecule has 3 aromatic rings. The lowest BCUT2D eigenvalue weighted by Crippen LogP contribution is -2.26. The largest absolute Gasteiger partial charge is 0.492 e. The van der Waals surface area contributed by atoms with E-state index in [1.165, 1.54) is 25.9 Å². The molecule has 7 nitrogen and oxygen atoms in total. The molecule has 0 aliphatic carbocycles. The third kappa shape index (κ3) is 5.86. The van der Waals surface area contributed by atoms with Gasteiger partial charge in [-0.05, 0) is 62.3 Å². The molecule has 31 heavy (non-hydrogen) atoms. The summed E-state index contributed by atoms with van der Waals surface area (Å²) in [5, 5.41) is 6.53. The summed E-state index contributed by atoms with van der Waals surface area (Å²) < 4.78 is 7.25. The number of likely N-dealkylation sites (tertiary alicyclic amines) is 1. The maximum absolute atomic E-state index is 12.8. The Morgan fingerprint density at radius 1 is 0.935 bits per heavy atom. The van der Waals surface area contributed by atoms with Gasteiger partial charge < -0.3 is 20.3 Å². The van der Waals surface area contributed by atoms with Crippen molar-refractivity contribution in [1.82, 2.24) is 14.5 Å². The fourth-order valence-corrected chi connectivity index (χ4v) is 3.70. The zero-order valence-corrected chi connectivity index (χ0v) is 17.7. The quantitative estimate of drug-likeness (QED) is 0.492. The lowest BCUT2D eigenvalue weighted by atomic mass is 10.2. The van der Waals surface area contributed by atoms with Crippen molar-refractivity contribution in [1.29, 1.82) is 0 Å². The topological polar surface area (TPSA) is 71.4 Å². The summed E-state index contributed by atoms with van der Waals surface area (Å²) in [6.45, 7) is 5.34. The third-order valence-corrected chi connectivity index (χ3v) is 5.35. The van der Waals surface area contributed by atoms with Gasteiger partial charge >= 0.3 is 0 Å². The molecule has 162 valence electrons. The van der Waals surface area contributed by atoms with Gasteiger partial charge in [0.2, 0.25) is 0 Å². The van der Waals surface area contributed by atoms with Crippen molar-refractivity contribution >= 4 is 11.5 Å². The molecule has 1 aromatic heterocycles. The van der Waals surface area contributed by atoms with E-state index < -0.39 is 0 Å². The third-order valence-electron chi connectivity index (χ3n) is 5.35. The van der Waals surface area contributed by atoms with Crippen LogP contribution in [-0.4, -0.2) is 53.8 Å². The predicted octanol–water partition coefficient (Wildman–Crippen LogP) is 3.23. The number of rotatable bonds is 10. The molecule has 0 radical (unpaired) electrons. The van der Waals surface area contributed by atoms with E-state index in [2.05, 4.69) is 20.5 Å². The molecular weight excluding hydrogens is 390 g/mol. The number of anilines is 2. The SMILES string of the molecule is O=c1c(NCCOc2ccccc2)nccn1-c1ccc(NCCN2CCCC2)cc1. The van der Waals surface area contributed by atoms with Crippen molar-refractivity contribution in [2.75, 3.05) is 50.0 Å². The van der Waals surface area contributed by atoms with Crippen LogP contribution in [0.4, 0.5) is 11.5 Å². The second-order valence-electron chi connectivity index (χ2n) is 7.56. The average Bonchev–Trinajstić information content (AvgIpc) is 3.33. The fraction of sp³-hybridized carbons (Fsp3) is 0.333. The Labute approximate surface area is 182 Å². The molecule has 0 bridgehead atoms. The maximum Gasteiger partial charge on any atom is 0.297 e. The molecule has 0 saturated carbocycles. The summed E-state index contributed by atoms with van der Waals surface area (Å²) in [5.74, 6) is 1.11. The van der Waals surface area contributed by atoms with Crippen LogP contribution in [0.25, 0.3) is 5.69 Å². The number of hydrogen-bond acceptors (Lipinski definition) is 6. The minimum Gasteiger partial charge on any atom is -0.492 e. The molecule has 1 aliphatic rings. The molecule has 7 heteroatoms. The summed E-state index contributed by atoms with van der Waals surface area (Å²) in [6, 6.07) is 17.5. The first-order valence-electron chi connectivity index (χ1n) is 10.9. The molecule has 1 aliphatic heterocycles. The van der Waals surface area contributed by atoms with Gasteiger partial charge in [-0.3, -0.25) is 9.36 Å². The first kappa shape index (κ1) is 20.9. The van der Waals surface area contributed by atoms with Crippen molar-refractivity contribution in [3.05, 3.63) is 77.3 Å². The highest BCUT2D eigenvalue weighted by Gasteiger charge is 2.10. The van der Waals surface area contributed by atoms with E-state index in [9.17, 15) is 4.79 Å². The lowest BCUT2D eigenvalue weighted by molar-refractivity contribution is 0.332. The number of para-hydroxylation sites is 1. The second kappa shape index (κ2) is 10.6. The molecular formula is C24H29N5O2. The average molecular weight is 420 g/mol. The van der Waals surface area contributed by atoms with Crippen molar-refractivity contribution in [2.45, 2.75) is 12.8 Å². The summed E-state index contributed by atoms with van der Waals surface area (Å²) in [6.07, 6.45) is 5.94. The van der Waals surface area contributed by atoms with Gasteiger partial charge in [-0.1, -0.05) is 18.2 Å². The Morgan fingerprint density at radius 3 is 2.48 bits per heavy atom. The van der Waals surface area contributed by atoms with E-state index in [0.717, 1.165) is 30.2 Å². The van der Waals surface area contributed by atoms with Crippen LogP contribution in [0.3, 0.4) is 0 Å². The van der Waals surface area contributed by atoms with Gasteiger partial charge in [0.05, 0.1) is 6.54 Å². The first-order valence-corrected chi connectivity index (χ1v) is 10.9. The van der Waals surface area contributed by atoms with Crippen LogP contribution in [-0.2, 0) is 0 Å². The summed E-state index contributed by atoms with van der Waals surface area (Å²) in [7, 11) is 0. The van der Waals surface area contributed by atoms with Gasteiger partial charge in [0.25, 0.3) is 5.56 Å². The number of aromatic nitrogens is 2. The zero-order chi connectivity index (χ0) is 21.3. The fourth-order valence-electron chi connectivity index (χ4n) is 3.70. The van der Waals surface area contributed by atoms with Crippen molar-refractivity contribution in [2.24, 2.45) is 0 Å². The number of benzene rings is 2. The lowest BCUT2D eigenvalue weighted by Gasteiger charge is -2.15. The van der Waals surface area contributed by atoms with Crippen LogP contribution in [0.15, 0.2) is 71.8 Å². The number of nitrogens with one attached hydrogen (secondary N) is 2. The van der Waals surface area contributed by atoms with E-state index in [4.69, 9.17) is 4.74 Å². The smallest absolute Gasteiger partial charge is 0.297 e. The monoisotopic (exact) mass is 419 g/mol. The van der Waals surface area contributed by atoms with Gasteiger partial charge in [0.15, 0.2) is 5.82 Å². The molecule has 1 fully saturated rings.